The van der Waals surface area contributed by atoms with Gasteiger partial charge in [0.25, 0.3) is 11.6 Å². The first-order valence-electron chi connectivity index (χ1n) is 21.7. The molecule has 0 aliphatic carbocycles. The molecule has 2 fully saturated rings. The molecule has 1 atom stereocenters. The highest BCUT2D eigenvalue weighted by atomic mass is 35.5. The Morgan fingerprint density at radius 3 is 2.20 bits per heavy atom. The maximum Gasteiger partial charge on any atom is 0.293 e. The van der Waals surface area contributed by atoms with Gasteiger partial charge in [-0.3, -0.25) is 14.9 Å². The standard InChI is InChI=1S/C49H53ClN8O4S2/c1-35-46(49(59)52-23-27-55-25-6-7-26-55)47(48(54(35)2)36-13-15-38(50)16-14-36)37-9-8-10-41(33-37)57-30-28-56(29-31-57)40-19-17-39(18-20-40)53-64(62)43-21-22-44(45(34-43)58(60)61)51-24-32-63-42-11-4-3-5-12-42/h3-5,8-22,33-34,51,53H,6-7,23-32H2,1-2H3,(H,52,59). The molecule has 1 unspecified atom stereocenters. The Labute approximate surface area is 386 Å². The summed E-state index contributed by atoms with van der Waals surface area (Å²) in [6.45, 7) is 9.35. The van der Waals surface area contributed by atoms with E-state index < -0.39 is 15.9 Å². The van der Waals surface area contributed by atoms with Crippen LogP contribution in [0.2, 0.25) is 5.02 Å². The van der Waals surface area contributed by atoms with Crippen LogP contribution in [0.15, 0.2) is 131 Å². The van der Waals surface area contributed by atoms with Crippen LogP contribution < -0.4 is 25.2 Å². The molecule has 0 radical (unpaired) electrons. The number of hydrogen-bond acceptors (Lipinski definition) is 9. The maximum absolute atomic E-state index is 14.1. The number of benzene rings is 5. The Balaban J connectivity index is 0.909. The third-order valence-electron chi connectivity index (χ3n) is 12.0. The lowest BCUT2D eigenvalue weighted by atomic mass is 9.95. The number of anilines is 4. The largest absolute Gasteiger partial charge is 0.379 e. The molecule has 15 heteroatoms. The topological polar surface area (TPSA) is 128 Å². The Hall–Kier alpha value is -5.80. The Bertz CT molecular complexity index is 2600. The number of nitrogens with zero attached hydrogens (tertiary/aromatic N) is 5. The second-order valence-electron chi connectivity index (χ2n) is 16.0. The Morgan fingerprint density at radius 2 is 1.50 bits per heavy atom. The molecular formula is C49H53ClN8O4S2. The van der Waals surface area contributed by atoms with E-state index in [2.05, 4.69) is 58.9 Å². The number of halogens is 1. The van der Waals surface area contributed by atoms with Crippen LogP contribution in [0.4, 0.5) is 28.4 Å². The van der Waals surface area contributed by atoms with E-state index >= 15 is 0 Å². The lowest BCUT2D eigenvalue weighted by Crippen LogP contribution is -2.46. The van der Waals surface area contributed by atoms with Crippen LogP contribution in [0.3, 0.4) is 0 Å². The van der Waals surface area contributed by atoms with Crippen molar-refractivity contribution in [1.29, 1.82) is 0 Å². The van der Waals surface area contributed by atoms with Crippen LogP contribution in [0.25, 0.3) is 22.4 Å². The van der Waals surface area contributed by atoms with Crippen LogP contribution in [0.5, 0.6) is 0 Å². The van der Waals surface area contributed by atoms with E-state index in [1.165, 1.54) is 18.9 Å². The number of piperazine rings is 1. The molecule has 2 aliphatic heterocycles. The number of carbonyl (C=O) groups is 1. The monoisotopic (exact) mass is 916 g/mol. The van der Waals surface area contributed by atoms with Gasteiger partial charge in [0, 0.05) is 103 Å². The molecular weight excluding hydrogens is 864 g/mol. The van der Waals surface area contributed by atoms with E-state index in [0.717, 1.165) is 95.9 Å². The third kappa shape index (κ3) is 10.6. The molecule has 2 aliphatic rings. The first kappa shape index (κ1) is 44.8. The minimum Gasteiger partial charge on any atom is -0.379 e. The Kier molecular flexibility index (Phi) is 14.6. The minimum absolute atomic E-state index is 0.0650. The van der Waals surface area contributed by atoms with Gasteiger partial charge in [0.05, 0.1) is 21.1 Å². The second-order valence-corrected chi connectivity index (χ2v) is 18.8. The summed E-state index contributed by atoms with van der Waals surface area (Å²) >= 11 is 7.99. The fourth-order valence-corrected chi connectivity index (χ4v) is 10.3. The molecule has 0 spiro atoms. The summed E-state index contributed by atoms with van der Waals surface area (Å²) in [5, 5.41) is 19.0. The zero-order valence-corrected chi connectivity index (χ0v) is 38.5. The average Bonchev–Trinajstić information content (AvgIpc) is 3.94. The molecule has 8 rings (SSSR count). The number of amides is 1. The molecule has 1 aromatic heterocycles. The zero-order valence-electron chi connectivity index (χ0n) is 36.1. The van der Waals surface area contributed by atoms with E-state index in [0.29, 0.717) is 39.9 Å². The van der Waals surface area contributed by atoms with Gasteiger partial charge in [0.15, 0.2) is 11.0 Å². The quantitative estimate of drug-likeness (QED) is 0.0355. The number of likely N-dealkylation sites (tertiary alicyclic amines) is 1. The summed E-state index contributed by atoms with van der Waals surface area (Å²) in [6, 6.07) is 38.7. The molecule has 332 valence electrons. The molecule has 1 amide bonds. The van der Waals surface area contributed by atoms with E-state index in [9.17, 15) is 19.1 Å². The second kappa shape index (κ2) is 20.8. The van der Waals surface area contributed by atoms with Gasteiger partial charge in [-0.25, -0.2) is 4.21 Å². The highest BCUT2D eigenvalue weighted by molar-refractivity contribution is 7.99. The van der Waals surface area contributed by atoms with Crippen molar-refractivity contribution in [3.63, 3.8) is 0 Å². The molecule has 12 nitrogen and oxygen atoms in total. The number of nitro benzene ring substituents is 1. The van der Waals surface area contributed by atoms with Crippen molar-refractivity contribution in [3.05, 3.63) is 148 Å². The SMILES string of the molecule is Cc1c(C(=O)NCCN2CCCC2)c(-c2cccc(N3CCN(c4ccc(NS(=O)c5ccc(NCCSc6ccccc6)c([N+](=O)[O-])c5)cc4)CC3)c2)c(-c2ccc(Cl)cc2)n1C. The number of aromatic nitrogens is 1. The molecule has 0 saturated carbocycles. The summed E-state index contributed by atoms with van der Waals surface area (Å²) in [5.74, 6) is 0.671. The molecule has 6 aromatic rings. The van der Waals surface area contributed by atoms with Gasteiger partial charge in [-0.2, -0.15) is 0 Å². The van der Waals surface area contributed by atoms with Crippen LogP contribution >= 0.6 is 23.4 Å². The predicted octanol–water partition coefficient (Wildman–Crippen LogP) is 9.72. The van der Waals surface area contributed by atoms with Gasteiger partial charge < -0.3 is 34.6 Å². The summed E-state index contributed by atoms with van der Waals surface area (Å²) in [6.07, 6.45) is 2.43. The van der Waals surface area contributed by atoms with Crippen LogP contribution in [0, 0.1) is 17.0 Å². The van der Waals surface area contributed by atoms with Gasteiger partial charge in [-0.05, 0) is 117 Å². The minimum atomic E-state index is -1.71. The first-order valence-corrected chi connectivity index (χ1v) is 24.2. The van der Waals surface area contributed by atoms with Gasteiger partial charge in [-0.1, -0.05) is 54.1 Å². The van der Waals surface area contributed by atoms with E-state index in [1.807, 2.05) is 92.8 Å². The first-order chi connectivity index (χ1) is 31.1. The smallest absolute Gasteiger partial charge is 0.293 e. The van der Waals surface area contributed by atoms with E-state index in [4.69, 9.17) is 11.6 Å². The van der Waals surface area contributed by atoms with Crippen molar-refractivity contribution in [2.45, 2.75) is 29.6 Å². The molecule has 5 aromatic carbocycles. The number of hydrogen-bond donors (Lipinski definition) is 3. The lowest BCUT2D eigenvalue weighted by molar-refractivity contribution is -0.384. The van der Waals surface area contributed by atoms with Crippen LogP contribution in [-0.2, 0) is 18.0 Å². The summed E-state index contributed by atoms with van der Waals surface area (Å²) < 4.78 is 18.5. The highest BCUT2D eigenvalue weighted by Gasteiger charge is 2.27. The van der Waals surface area contributed by atoms with Crippen molar-refractivity contribution in [1.82, 2.24) is 14.8 Å². The van der Waals surface area contributed by atoms with Crippen molar-refractivity contribution < 1.29 is 13.9 Å². The Morgan fingerprint density at radius 1 is 0.797 bits per heavy atom. The van der Waals surface area contributed by atoms with Crippen molar-refractivity contribution in [2.24, 2.45) is 7.05 Å². The summed E-state index contributed by atoms with van der Waals surface area (Å²) in [7, 11) is 0.310. The molecule has 2 saturated heterocycles. The summed E-state index contributed by atoms with van der Waals surface area (Å²) in [5.41, 5.74) is 8.51. The van der Waals surface area contributed by atoms with Gasteiger partial charge >= 0.3 is 0 Å². The number of carbonyl (C=O) groups excluding carboxylic acids is 1. The molecule has 3 heterocycles. The van der Waals surface area contributed by atoms with Crippen molar-refractivity contribution in [3.8, 4) is 22.4 Å². The van der Waals surface area contributed by atoms with Gasteiger partial charge in [-0.15, -0.1) is 11.8 Å². The molecule has 0 bridgehead atoms. The third-order valence-corrected chi connectivity index (χ3v) is 14.3. The maximum atomic E-state index is 14.1. The van der Waals surface area contributed by atoms with Gasteiger partial charge in [0.1, 0.15) is 5.69 Å². The van der Waals surface area contributed by atoms with E-state index in [-0.39, 0.29) is 11.6 Å². The van der Waals surface area contributed by atoms with Crippen molar-refractivity contribution >= 4 is 68.7 Å². The fraction of sp³-hybridized carbons (Fsp3) is 0.286. The average molecular weight is 918 g/mol. The number of rotatable bonds is 17. The fourth-order valence-electron chi connectivity index (χ4n) is 8.52. The predicted molar refractivity (Wildman–Crippen MR) is 264 cm³/mol. The van der Waals surface area contributed by atoms with Crippen LogP contribution in [-0.4, -0.2) is 89.2 Å². The van der Waals surface area contributed by atoms with Crippen LogP contribution in [0.1, 0.15) is 28.9 Å². The van der Waals surface area contributed by atoms with Crippen molar-refractivity contribution in [2.75, 3.05) is 84.5 Å². The molecule has 64 heavy (non-hydrogen) atoms. The lowest BCUT2D eigenvalue weighted by Gasteiger charge is -2.37. The normalized spacial score (nSPS) is 14.7. The number of nitrogens with one attached hydrogen (secondary N) is 3. The van der Waals surface area contributed by atoms with Gasteiger partial charge in [0.2, 0.25) is 0 Å². The number of nitro groups is 1. The highest BCUT2D eigenvalue weighted by Crippen LogP contribution is 2.40. The zero-order chi connectivity index (χ0) is 44.6. The summed E-state index contributed by atoms with van der Waals surface area (Å²) in [4.78, 5) is 34.2. The number of thioether (sulfide) groups is 1. The van der Waals surface area contributed by atoms with E-state index in [1.54, 1.807) is 23.9 Å². The molecule has 3 N–H and O–H groups in total.